The zero-order valence-electron chi connectivity index (χ0n) is 8.95. The molecule has 0 bridgehead atoms. The summed E-state index contributed by atoms with van der Waals surface area (Å²) in [5, 5.41) is 3.38. The van der Waals surface area contributed by atoms with Crippen LogP contribution in [0.4, 0.5) is 4.39 Å². The fourth-order valence-electron chi connectivity index (χ4n) is 2.17. The van der Waals surface area contributed by atoms with E-state index in [1.165, 1.54) is 12.8 Å². The van der Waals surface area contributed by atoms with Gasteiger partial charge in [-0.1, -0.05) is 36.8 Å². The highest BCUT2D eigenvalue weighted by atomic mass is 19.1. The van der Waals surface area contributed by atoms with E-state index in [-0.39, 0.29) is 0 Å². The molecule has 0 aromatic heterocycles. The Labute approximate surface area is 90.7 Å². The molecule has 0 radical (unpaired) electrons. The average Bonchev–Trinajstić information content (AvgIpc) is 2.31. The van der Waals surface area contributed by atoms with Crippen LogP contribution >= 0.6 is 0 Å². The summed E-state index contributed by atoms with van der Waals surface area (Å²) in [7, 11) is 0. The van der Waals surface area contributed by atoms with Gasteiger partial charge in [0.25, 0.3) is 0 Å². The highest BCUT2D eigenvalue weighted by Crippen LogP contribution is 2.25. The summed E-state index contributed by atoms with van der Waals surface area (Å²) in [6.07, 6.45) is 3.39. The van der Waals surface area contributed by atoms with Crippen molar-refractivity contribution in [3.05, 3.63) is 35.9 Å². The summed E-state index contributed by atoms with van der Waals surface area (Å²) >= 11 is 0. The quantitative estimate of drug-likeness (QED) is 0.802. The smallest absolute Gasteiger partial charge is 0.127 e. The molecule has 0 saturated carbocycles. The first-order valence-electron chi connectivity index (χ1n) is 5.78. The molecular weight excluding hydrogens is 189 g/mol. The maximum Gasteiger partial charge on any atom is 0.127 e. The molecule has 2 rings (SSSR count). The SMILES string of the molecule is FC(CC1CCCCN1)c1ccccc1. The van der Waals surface area contributed by atoms with Gasteiger partial charge in [-0.15, -0.1) is 0 Å². The molecule has 1 aromatic rings. The van der Waals surface area contributed by atoms with Crippen LogP contribution < -0.4 is 5.32 Å². The number of benzene rings is 1. The fourth-order valence-corrected chi connectivity index (χ4v) is 2.17. The van der Waals surface area contributed by atoms with Crippen LogP contribution in [-0.4, -0.2) is 12.6 Å². The molecule has 82 valence electrons. The van der Waals surface area contributed by atoms with Gasteiger partial charge in [0.1, 0.15) is 6.17 Å². The molecule has 1 saturated heterocycles. The van der Waals surface area contributed by atoms with Crippen molar-refractivity contribution in [2.45, 2.75) is 37.9 Å². The summed E-state index contributed by atoms with van der Waals surface area (Å²) in [4.78, 5) is 0. The summed E-state index contributed by atoms with van der Waals surface area (Å²) in [6, 6.07) is 9.83. The third kappa shape index (κ3) is 3.03. The van der Waals surface area contributed by atoms with Crippen molar-refractivity contribution in [2.75, 3.05) is 6.54 Å². The first-order chi connectivity index (χ1) is 7.36. The van der Waals surface area contributed by atoms with E-state index in [0.29, 0.717) is 12.5 Å². The first-order valence-corrected chi connectivity index (χ1v) is 5.78. The highest BCUT2D eigenvalue weighted by molar-refractivity contribution is 5.17. The number of alkyl halides is 1. The van der Waals surface area contributed by atoms with E-state index in [2.05, 4.69) is 5.32 Å². The molecule has 0 spiro atoms. The van der Waals surface area contributed by atoms with Gasteiger partial charge in [-0.25, -0.2) is 4.39 Å². The van der Waals surface area contributed by atoms with Gasteiger partial charge in [0.2, 0.25) is 0 Å². The van der Waals surface area contributed by atoms with E-state index in [1.54, 1.807) is 0 Å². The third-order valence-electron chi connectivity index (χ3n) is 3.07. The van der Waals surface area contributed by atoms with Crippen molar-refractivity contribution in [1.29, 1.82) is 0 Å². The second-order valence-corrected chi connectivity index (χ2v) is 4.26. The van der Waals surface area contributed by atoms with Crippen molar-refractivity contribution in [3.63, 3.8) is 0 Å². The number of piperidine rings is 1. The summed E-state index contributed by atoms with van der Waals surface area (Å²) in [6.45, 7) is 1.05. The lowest BCUT2D eigenvalue weighted by Crippen LogP contribution is -2.34. The Kier molecular flexibility index (Phi) is 3.73. The van der Waals surface area contributed by atoms with Crippen LogP contribution in [-0.2, 0) is 0 Å². The lowest BCUT2D eigenvalue weighted by Gasteiger charge is -2.24. The Morgan fingerprint density at radius 3 is 2.73 bits per heavy atom. The average molecular weight is 207 g/mol. The van der Waals surface area contributed by atoms with E-state index in [9.17, 15) is 4.39 Å². The largest absolute Gasteiger partial charge is 0.314 e. The monoisotopic (exact) mass is 207 g/mol. The number of halogens is 1. The standard InChI is InChI=1S/C13H18FN/c14-13(11-6-2-1-3-7-11)10-12-8-4-5-9-15-12/h1-3,6-7,12-13,15H,4-5,8-10H2. The zero-order chi connectivity index (χ0) is 10.5. The molecule has 1 aliphatic heterocycles. The normalized spacial score (nSPS) is 23.7. The van der Waals surface area contributed by atoms with Crippen LogP contribution in [0.3, 0.4) is 0 Å². The molecule has 2 atom stereocenters. The maximum absolute atomic E-state index is 13.9. The molecular formula is C13H18FN. The minimum atomic E-state index is -0.818. The minimum Gasteiger partial charge on any atom is -0.314 e. The molecule has 15 heavy (non-hydrogen) atoms. The van der Waals surface area contributed by atoms with Gasteiger partial charge in [0.05, 0.1) is 0 Å². The van der Waals surface area contributed by atoms with Gasteiger partial charge >= 0.3 is 0 Å². The van der Waals surface area contributed by atoms with Gasteiger partial charge in [-0.05, 0) is 31.4 Å². The van der Waals surface area contributed by atoms with Crippen LogP contribution in [0.15, 0.2) is 30.3 Å². The van der Waals surface area contributed by atoms with Gasteiger partial charge in [-0.3, -0.25) is 0 Å². The number of rotatable bonds is 3. The molecule has 1 N–H and O–H groups in total. The molecule has 1 nitrogen and oxygen atoms in total. The van der Waals surface area contributed by atoms with Crippen molar-refractivity contribution in [3.8, 4) is 0 Å². The van der Waals surface area contributed by atoms with Crippen molar-refractivity contribution in [1.82, 2.24) is 5.32 Å². The molecule has 2 heteroatoms. The van der Waals surface area contributed by atoms with Gasteiger partial charge in [-0.2, -0.15) is 0 Å². The topological polar surface area (TPSA) is 12.0 Å². The predicted octanol–water partition coefficient (Wildman–Crippen LogP) is 3.23. The molecule has 1 aromatic carbocycles. The van der Waals surface area contributed by atoms with Crippen molar-refractivity contribution < 1.29 is 4.39 Å². The number of hydrogen-bond donors (Lipinski definition) is 1. The van der Waals surface area contributed by atoms with E-state index in [0.717, 1.165) is 18.5 Å². The number of hydrogen-bond acceptors (Lipinski definition) is 1. The van der Waals surface area contributed by atoms with E-state index >= 15 is 0 Å². The second-order valence-electron chi connectivity index (χ2n) is 4.26. The van der Waals surface area contributed by atoms with Gasteiger partial charge in [0.15, 0.2) is 0 Å². The Balaban J connectivity index is 1.88. The second kappa shape index (κ2) is 5.26. The molecule has 0 aliphatic carbocycles. The lowest BCUT2D eigenvalue weighted by molar-refractivity contribution is 0.260. The Hall–Kier alpha value is -0.890. The van der Waals surface area contributed by atoms with Gasteiger partial charge in [0, 0.05) is 6.04 Å². The van der Waals surface area contributed by atoms with Crippen LogP contribution in [0, 0.1) is 0 Å². The molecule has 0 amide bonds. The summed E-state index contributed by atoms with van der Waals surface area (Å²) in [5.41, 5.74) is 0.810. The van der Waals surface area contributed by atoms with Crippen LogP contribution in [0.1, 0.15) is 37.4 Å². The highest BCUT2D eigenvalue weighted by Gasteiger charge is 2.18. The number of nitrogens with one attached hydrogen (secondary N) is 1. The fraction of sp³-hybridized carbons (Fsp3) is 0.538. The summed E-state index contributed by atoms with van der Waals surface area (Å²) in [5.74, 6) is 0. The van der Waals surface area contributed by atoms with E-state index < -0.39 is 6.17 Å². The van der Waals surface area contributed by atoms with Crippen LogP contribution in [0.2, 0.25) is 0 Å². The van der Waals surface area contributed by atoms with Gasteiger partial charge < -0.3 is 5.32 Å². The molecule has 2 unspecified atom stereocenters. The van der Waals surface area contributed by atoms with E-state index in [1.807, 2.05) is 30.3 Å². The predicted molar refractivity (Wildman–Crippen MR) is 60.5 cm³/mol. The third-order valence-corrected chi connectivity index (χ3v) is 3.07. The van der Waals surface area contributed by atoms with Crippen molar-refractivity contribution in [2.24, 2.45) is 0 Å². The Morgan fingerprint density at radius 1 is 1.27 bits per heavy atom. The van der Waals surface area contributed by atoms with Crippen LogP contribution in [0.25, 0.3) is 0 Å². The van der Waals surface area contributed by atoms with Crippen LogP contribution in [0.5, 0.6) is 0 Å². The Morgan fingerprint density at radius 2 is 2.07 bits per heavy atom. The van der Waals surface area contributed by atoms with Crippen molar-refractivity contribution >= 4 is 0 Å². The molecule has 1 aliphatic rings. The van der Waals surface area contributed by atoms with E-state index in [4.69, 9.17) is 0 Å². The molecule has 1 heterocycles. The zero-order valence-corrected chi connectivity index (χ0v) is 8.95. The minimum absolute atomic E-state index is 0.369. The summed E-state index contributed by atoms with van der Waals surface area (Å²) < 4.78 is 13.9. The Bertz CT molecular complexity index is 280. The maximum atomic E-state index is 13.9. The lowest BCUT2D eigenvalue weighted by atomic mass is 9.97. The first kappa shape index (κ1) is 10.6. The molecule has 1 fully saturated rings.